The van der Waals surface area contributed by atoms with Gasteiger partial charge in [-0.2, -0.15) is 0 Å². The van der Waals surface area contributed by atoms with Crippen molar-refractivity contribution in [3.63, 3.8) is 0 Å². The molecule has 1 atom stereocenters. The van der Waals surface area contributed by atoms with Gasteiger partial charge in [-0.3, -0.25) is 9.59 Å². The molecule has 1 aliphatic rings. The highest BCUT2D eigenvalue weighted by atomic mass is 19.1. The minimum atomic E-state index is -0.755. The number of rotatable bonds is 7. The molecule has 0 bridgehead atoms. The Labute approximate surface area is 135 Å². The Balaban J connectivity index is 1.66. The Hall–Kier alpha value is -2.11. The Bertz CT molecular complexity index is 544. The standard InChI is InChI=1S/C17H23FN2O3/c1-12(23-15-8-4-5-13(18)11-15)17(22)19-10-9-16(21)20-14-6-2-3-7-14/h4-5,8,11-12,14H,2-3,6-7,9-10H2,1H3,(H,19,22)(H,20,21). The molecule has 0 aliphatic heterocycles. The molecule has 1 aliphatic carbocycles. The van der Waals surface area contributed by atoms with E-state index in [1.807, 2.05) is 0 Å². The maximum Gasteiger partial charge on any atom is 0.260 e. The predicted molar refractivity (Wildman–Crippen MR) is 84.5 cm³/mol. The van der Waals surface area contributed by atoms with Crippen molar-refractivity contribution in [1.29, 1.82) is 0 Å². The smallest absolute Gasteiger partial charge is 0.260 e. The summed E-state index contributed by atoms with van der Waals surface area (Å²) in [6.07, 6.45) is 3.89. The van der Waals surface area contributed by atoms with Crippen LogP contribution in [-0.4, -0.2) is 30.5 Å². The number of benzene rings is 1. The van der Waals surface area contributed by atoms with Crippen LogP contribution >= 0.6 is 0 Å². The first-order valence-electron chi connectivity index (χ1n) is 8.04. The molecule has 1 aromatic carbocycles. The molecule has 2 N–H and O–H groups in total. The summed E-state index contributed by atoms with van der Waals surface area (Å²) in [5, 5.41) is 5.62. The molecule has 23 heavy (non-hydrogen) atoms. The van der Waals surface area contributed by atoms with Crippen molar-refractivity contribution in [3.8, 4) is 5.75 Å². The van der Waals surface area contributed by atoms with E-state index in [1.165, 1.54) is 18.2 Å². The second-order valence-corrected chi connectivity index (χ2v) is 5.81. The van der Waals surface area contributed by atoms with Gasteiger partial charge in [-0.25, -0.2) is 4.39 Å². The van der Waals surface area contributed by atoms with Gasteiger partial charge in [0.1, 0.15) is 11.6 Å². The molecule has 2 amide bonds. The van der Waals surface area contributed by atoms with Crippen molar-refractivity contribution in [2.75, 3.05) is 6.54 Å². The van der Waals surface area contributed by atoms with E-state index in [4.69, 9.17) is 4.74 Å². The van der Waals surface area contributed by atoms with Crippen LogP contribution in [0.1, 0.15) is 39.0 Å². The van der Waals surface area contributed by atoms with Crippen LogP contribution in [0.25, 0.3) is 0 Å². The second kappa shape index (κ2) is 8.50. The third-order valence-corrected chi connectivity index (χ3v) is 3.85. The highest BCUT2D eigenvalue weighted by molar-refractivity contribution is 5.82. The van der Waals surface area contributed by atoms with E-state index in [2.05, 4.69) is 10.6 Å². The number of hydrogen-bond acceptors (Lipinski definition) is 3. The van der Waals surface area contributed by atoms with E-state index in [9.17, 15) is 14.0 Å². The number of halogens is 1. The summed E-state index contributed by atoms with van der Waals surface area (Å²) >= 11 is 0. The fourth-order valence-electron chi connectivity index (χ4n) is 2.61. The molecule has 0 spiro atoms. The lowest BCUT2D eigenvalue weighted by Crippen LogP contribution is -2.39. The predicted octanol–water partition coefficient (Wildman–Crippen LogP) is 2.16. The zero-order valence-corrected chi connectivity index (χ0v) is 13.3. The summed E-state index contributed by atoms with van der Waals surface area (Å²) in [6, 6.07) is 5.91. The average molecular weight is 322 g/mol. The molecular formula is C17H23FN2O3. The third-order valence-electron chi connectivity index (χ3n) is 3.85. The number of carbonyl (C=O) groups is 2. The van der Waals surface area contributed by atoms with Gasteiger partial charge in [0.25, 0.3) is 5.91 Å². The van der Waals surface area contributed by atoms with E-state index in [-0.39, 0.29) is 30.8 Å². The Morgan fingerprint density at radius 2 is 2.09 bits per heavy atom. The highest BCUT2D eigenvalue weighted by Gasteiger charge is 2.18. The van der Waals surface area contributed by atoms with Crippen LogP contribution in [-0.2, 0) is 9.59 Å². The zero-order valence-electron chi connectivity index (χ0n) is 13.3. The minimum Gasteiger partial charge on any atom is -0.481 e. The molecule has 1 aromatic rings. The molecule has 0 saturated heterocycles. The number of nitrogens with one attached hydrogen (secondary N) is 2. The first kappa shape index (κ1) is 17.2. The first-order chi connectivity index (χ1) is 11.0. The van der Waals surface area contributed by atoms with E-state index in [1.54, 1.807) is 13.0 Å². The van der Waals surface area contributed by atoms with E-state index in [0.29, 0.717) is 5.75 Å². The summed E-state index contributed by atoms with van der Waals surface area (Å²) < 4.78 is 18.4. The van der Waals surface area contributed by atoms with Gasteiger partial charge in [0.05, 0.1) is 0 Å². The molecule has 126 valence electrons. The lowest BCUT2D eigenvalue weighted by atomic mass is 10.2. The summed E-state index contributed by atoms with van der Waals surface area (Å²) in [6.45, 7) is 1.84. The normalized spacial score (nSPS) is 15.9. The minimum absolute atomic E-state index is 0.0455. The van der Waals surface area contributed by atoms with Crippen LogP contribution in [0.3, 0.4) is 0 Å². The summed E-state index contributed by atoms with van der Waals surface area (Å²) in [5.41, 5.74) is 0. The van der Waals surface area contributed by atoms with Gasteiger partial charge in [-0.05, 0) is 31.9 Å². The molecule has 1 unspecified atom stereocenters. The zero-order chi connectivity index (χ0) is 16.7. The van der Waals surface area contributed by atoms with Crippen molar-refractivity contribution < 1.29 is 18.7 Å². The average Bonchev–Trinajstić information content (AvgIpc) is 3.00. The van der Waals surface area contributed by atoms with Crippen molar-refractivity contribution in [1.82, 2.24) is 10.6 Å². The summed E-state index contributed by atoms with van der Waals surface area (Å²) in [7, 11) is 0. The molecule has 1 fully saturated rings. The van der Waals surface area contributed by atoms with Gasteiger partial charge in [0, 0.05) is 25.1 Å². The molecule has 0 radical (unpaired) electrons. The summed E-state index contributed by atoms with van der Waals surface area (Å²) in [4.78, 5) is 23.6. The van der Waals surface area contributed by atoms with Crippen molar-refractivity contribution >= 4 is 11.8 Å². The van der Waals surface area contributed by atoms with Crippen molar-refractivity contribution in [2.45, 2.75) is 51.2 Å². The van der Waals surface area contributed by atoms with Gasteiger partial charge in [-0.1, -0.05) is 18.9 Å². The number of ether oxygens (including phenoxy) is 1. The first-order valence-corrected chi connectivity index (χ1v) is 8.04. The molecule has 6 heteroatoms. The van der Waals surface area contributed by atoms with E-state index in [0.717, 1.165) is 25.7 Å². The number of amides is 2. The SMILES string of the molecule is CC(Oc1cccc(F)c1)C(=O)NCCC(=O)NC1CCCC1. The van der Waals surface area contributed by atoms with E-state index < -0.39 is 11.9 Å². The maximum atomic E-state index is 13.1. The third kappa shape index (κ3) is 5.88. The molecule has 5 nitrogen and oxygen atoms in total. The molecule has 0 aromatic heterocycles. The van der Waals surface area contributed by atoms with Crippen LogP contribution in [0.15, 0.2) is 24.3 Å². The van der Waals surface area contributed by atoms with Crippen LogP contribution in [0, 0.1) is 5.82 Å². The maximum absolute atomic E-state index is 13.1. The molecule has 1 saturated carbocycles. The van der Waals surface area contributed by atoms with Crippen molar-refractivity contribution in [3.05, 3.63) is 30.1 Å². The van der Waals surface area contributed by atoms with Crippen molar-refractivity contribution in [2.24, 2.45) is 0 Å². The van der Waals surface area contributed by atoms with Gasteiger partial charge >= 0.3 is 0 Å². The second-order valence-electron chi connectivity index (χ2n) is 5.81. The van der Waals surface area contributed by atoms with Gasteiger partial charge in [-0.15, -0.1) is 0 Å². The van der Waals surface area contributed by atoms with Crippen LogP contribution in [0.4, 0.5) is 4.39 Å². The van der Waals surface area contributed by atoms with Crippen LogP contribution in [0.2, 0.25) is 0 Å². The topological polar surface area (TPSA) is 67.4 Å². The Morgan fingerprint density at radius 1 is 1.35 bits per heavy atom. The monoisotopic (exact) mass is 322 g/mol. The fourth-order valence-corrected chi connectivity index (χ4v) is 2.61. The quantitative estimate of drug-likeness (QED) is 0.808. The van der Waals surface area contributed by atoms with Gasteiger partial charge < -0.3 is 15.4 Å². The molecule has 0 heterocycles. The van der Waals surface area contributed by atoms with Gasteiger partial charge in [0.15, 0.2) is 6.10 Å². The molecular weight excluding hydrogens is 299 g/mol. The number of hydrogen-bond donors (Lipinski definition) is 2. The Morgan fingerprint density at radius 3 is 2.78 bits per heavy atom. The summed E-state index contributed by atoms with van der Waals surface area (Å²) in [5.74, 6) is -0.496. The largest absolute Gasteiger partial charge is 0.481 e. The van der Waals surface area contributed by atoms with E-state index >= 15 is 0 Å². The lowest BCUT2D eigenvalue weighted by Gasteiger charge is -2.15. The highest BCUT2D eigenvalue weighted by Crippen LogP contribution is 2.17. The molecule has 2 rings (SSSR count). The number of carbonyl (C=O) groups excluding carboxylic acids is 2. The van der Waals surface area contributed by atoms with Gasteiger partial charge in [0.2, 0.25) is 5.91 Å². The van der Waals surface area contributed by atoms with Crippen LogP contribution in [0.5, 0.6) is 5.75 Å². The lowest BCUT2D eigenvalue weighted by molar-refractivity contribution is -0.127. The van der Waals surface area contributed by atoms with Crippen LogP contribution < -0.4 is 15.4 Å². The fraction of sp³-hybridized carbons (Fsp3) is 0.529. The Kier molecular flexibility index (Phi) is 6.38.